The number of carboxylic acids is 1. The molecule has 4 unspecified atom stereocenters. The number of carboxylic acid groups (broad SMARTS) is 1. The second kappa shape index (κ2) is 12.3. The van der Waals surface area contributed by atoms with Gasteiger partial charge in [-0.15, -0.1) is 0 Å². The number of hydrogen-bond donors (Lipinski definition) is 7. The summed E-state index contributed by atoms with van der Waals surface area (Å²) in [4.78, 5) is 65.6. The van der Waals surface area contributed by atoms with Crippen LogP contribution in [0.3, 0.4) is 0 Å². The van der Waals surface area contributed by atoms with Crippen LogP contribution in [0, 0.1) is 5.92 Å². The zero-order valence-corrected chi connectivity index (χ0v) is 17.4. The largest absolute Gasteiger partial charge is 0.480 e. The summed E-state index contributed by atoms with van der Waals surface area (Å²) < 4.78 is 0. The number of nitrogens with one attached hydrogen (secondary N) is 4. The lowest BCUT2D eigenvalue weighted by Crippen LogP contribution is -2.56. The summed E-state index contributed by atoms with van der Waals surface area (Å²) in [7, 11) is 0. The number of carbonyl (C=O) groups excluding carboxylic acids is 4. The van der Waals surface area contributed by atoms with E-state index >= 15 is 0 Å². The molecular formula is C18H29N7O6. The van der Waals surface area contributed by atoms with E-state index in [9.17, 15) is 29.1 Å². The molecule has 0 radical (unpaired) electrons. The van der Waals surface area contributed by atoms with Crippen molar-refractivity contribution in [1.82, 2.24) is 25.9 Å². The fraction of sp³-hybridized carbons (Fsp3) is 0.556. The minimum absolute atomic E-state index is 0.0156. The summed E-state index contributed by atoms with van der Waals surface area (Å²) in [5, 5.41) is 16.4. The Morgan fingerprint density at radius 1 is 1.19 bits per heavy atom. The van der Waals surface area contributed by atoms with Crippen molar-refractivity contribution in [2.24, 2.45) is 17.4 Å². The summed E-state index contributed by atoms with van der Waals surface area (Å²) in [6.07, 6.45) is 2.95. The first-order valence-corrected chi connectivity index (χ1v) is 9.66. The normalized spacial score (nSPS) is 14.5. The Morgan fingerprint density at radius 3 is 2.39 bits per heavy atom. The average molecular weight is 439 g/mol. The summed E-state index contributed by atoms with van der Waals surface area (Å²) in [5.41, 5.74) is 11.1. The summed E-state index contributed by atoms with van der Waals surface area (Å²) >= 11 is 0. The monoisotopic (exact) mass is 439 g/mol. The molecule has 31 heavy (non-hydrogen) atoms. The van der Waals surface area contributed by atoms with Gasteiger partial charge in [0.1, 0.15) is 12.1 Å². The number of aliphatic carboxylic acids is 1. The number of carbonyl (C=O) groups is 5. The molecular weight excluding hydrogens is 410 g/mol. The van der Waals surface area contributed by atoms with Crippen LogP contribution in [0.1, 0.15) is 32.4 Å². The highest BCUT2D eigenvalue weighted by Crippen LogP contribution is 2.08. The molecule has 13 nitrogen and oxygen atoms in total. The van der Waals surface area contributed by atoms with E-state index in [1.54, 1.807) is 13.8 Å². The Balaban J connectivity index is 2.66. The van der Waals surface area contributed by atoms with Crippen molar-refractivity contribution >= 4 is 29.6 Å². The molecule has 0 aliphatic carbocycles. The smallest absolute Gasteiger partial charge is 0.326 e. The third-order valence-corrected chi connectivity index (χ3v) is 4.59. The van der Waals surface area contributed by atoms with E-state index in [4.69, 9.17) is 11.5 Å². The van der Waals surface area contributed by atoms with Crippen molar-refractivity contribution in [3.05, 3.63) is 18.2 Å². The first-order chi connectivity index (χ1) is 14.5. The number of primary amides is 1. The lowest BCUT2D eigenvalue weighted by Gasteiger charge is -2.25. The average Bonchev–Trinajstić information content (AvgIpc) is 3.21. The van der Waals surface area contributed by atoms with Gasteiger partial charge in [0.05, 0.1) is 25.3 Å². The van der Waals surface area contributed by atoms with Gasteiger partial charge in [-0.3, -0.25) is 19.2 Å². The van der Waals surface area contributed by atoms with Gasteiger partial charge in [-0.1, -0.05) is 20.3 Å². The van der Waals surface area contributed by atoms with E-state index in [-0.39, 0.29) is 18.8 Å². The van der Waals surface area contributed by atoms with Crippen LogP contribution in [-0.4, -0.2) is 69.3 Å². The van der Waals surface area contributed by atoms with Gasteiger partial charge >= 0.3 is 5.97 Å². The number of rotatable bonds is 13. The Kier molecular flexibility index (Phi) is 10.1. The van der Waals surface area contributed by atoms with Crippen molar-refractivity contribution in [1.29, 1.82) is 0 Å². The van der Waals surface area contributed by atoms with Gasteiger partial charge in [-0.2, -0.15) is 0 Å². The molecule has 0 aliphatic heterocycles. The van der Waals surface area contributed by atoms with Gasteiger partial charge in [0.25, 0.3) is 0 Å². The second-order valence-corrected chi connectivity index (χ2v) is 7.11. The first-order valence-electron chi connectivity index (χ1n) is 9.66. The zero-order valence-electron chi connectivity index (χ0n) is 17.4. The Morgan fingerprint density at radius 2 is 1.87 bits per heavy atom. The molecule has 0 aromatic carbocycles. The Bertz CT molecular complexity index is 782. The molecule has 172 valence electrons. The van der Waals surface area contributed by atoms with Crippen molar-refractivity contribution in [2.45, 2.75) is 51.2 Å². The Labute approximate surface area is 178 Å². The summed E-state index contributed by atoms with van der Waals surface area (Å²) in [6, 6.07) is -3.44. The number of hydrogen-bond acceptors (Lipinski definition) is 7. The molecule has 4 amide bonds. The van der Waals surface area contributed by atoms with Crippen molar-refractivity contribution in [2.75, 3.05) is 6.54 Å². The molecule has 0 spiro atoms. The quantitative estimate of drug-likeness (QED) is 0.172. The fourth-order valence-electron chi connectivity index (χ4n) is 2.61. The van der Waals surface area contributed by atoms with E-state index in [0.29, 0.717) is 12.1 Å². The SMILES string of the molecule is CCC(C)C(NC(=O)C(N)CC(N)=O)C(=O)NCC(=O)NC(Cc1cnc[nH]1)C(=O)O. The topological polar surface area (TPSA) is 222 Å². The van der Waals surface area contributed by atoms with Gasteiger partial charge in [0, 0.05) is 18.3 Å². The van der Waals surface area contributed by atoms with Gasteiger partial charge in [-0.05, 0) is 5.92 Å². The predicted octanol–water partition coefficient (Wildman–Crippen LogP) is -2.63. The summed E-state index contributed by atoms with van der Waals surface area (Å²) in [5.74, 6) is -4.41. The van der Waals surface area contributed by atoms with E-state index in [1.807, 2.05) is 0 Å². The van der Waals surface area contributed by atoms with Crippen LogP contribution in [0.25, 0.3) is 0 Å². The molecule has 0 saturated heterocycles. The van der Waals surface area contributed by atoms with E-state index in [1.165, 1.54) is 12.5 Å². The molecule has 0 saturated carbocycles. The summed E-state index contributed by atoms with van der Waals surface area (Å²) in [6.45, 7) is 3.02. The highest BCUT2D eigenvalue weighted by molar-refractivity contribution is 5.94. The molecule has 0 bridgehead atoms. The van der Waals surface area contributed by atoms with E-state index in [0.717, 1.165) is 0 Å². The zero-order chi connectivity index (χ0) is 23.6. The lowest BCUT2D eigenvalue weighted by atomic mass is 9.97. The van der Waals surface area contributed by atoms with Crippen LogP contribution < -0.4 is 27.4 Å². The minimum atomic E-state index is -1.25. The molecule has 1 aromatic heterocycles. The molecule has 0 aliphatic rings. The molecule has 0 fully saturated rings. The van der Waals surface area contributed by atoms with Crippen LogP contribution >= 0.6 is 0 Å². The van der Waals surface area contributed by atoms with Gasteiger partial charge in [-0.25, -0.2) is 9.78 Å². The van der Waals surface area contributed by atoms with Gasteiger partial charge < -0.3 is 37.5 Å². The van der Waals surface area contributed by atoms with Gasteiger partial charge in [0.15, 0.2) is 0 Å². The van der Waals surface area contributed by atoms with Crippen LogP contribution in [0.5, 0.6) is 0 Å². The maximum absolute atomic E-state index is 12.5. The number of aromatic amines is 1. The van der Waals surface area contributed by atoms with Crippen molar-refractivity contribution in [3.63, 3.8) is 0 Å². The van der Waals surface area contributed by atoms with Crippen LogP contribution in [0.4, 0.5) is 0 Å². The highest BCUT2D eigenvalue weighted by Gasteiger charge is 2.29. The first kappa shape index (κ1) is 25.6. The maximum atomic E-state index is 12.5. The molecule has 1 aromatic rings. The Hall–Kier alpha value is -3.48. The van der Waals surface area contributed by atoms with Crippen LogP contribution in [0.15, 0.2) is 12.5 Å². The molecule has 1 rings (SSSR count). The minimum Gasteiger partial charge on any atom is -0.480 e. The third-order valence-electron chi connectivity index (χ3n) is 4.59. The van der Waals surface area contributed by atoms with Gasteiger partial charge in [0.2, 0.25) is 23.6 Å². The van der Waals surface area contributed by atoms with Crippen molar-refractivity contribution in [3.8, 4) is 0 Å². The lowest BCUT2D eigenvalue weighted by molar-refractivity contribution is -0.141. The third kappa shape index (κ3) is 8.82. The molecule has 1 heterocycles. The van der Waals surface area contributed by atoms with Crippen molar-refractivity contribution < 1.29 is 29.1 Å². The van der Waals surface area contributed by atoms with Crippen LogP contribution in [0.2, 0.25) is 0 Å². The number of amides is 4. The number of imidazole rings is 1. The number of aromatic nitrogens is 2. The number of nitrogens with two attached hydrogens (primary N) is 2. The van der Waals surface area contributed by atoms with Crippen LogP contribution in [-0.2, 0) is 30.4 Å². The maximum Gasteiger partial charge on any atom is 0.326 e. The second-order valence-electron chi connectivity index (χ2n) is 7.11. The van der Waals surface area contributed by atoms with E-state index < -0.39 is 54.3 Å². The number of H-pyrrole nitrogens is 1. The number of nitrogens with zero attached hydrogens (tertiary/aromatic N) is 1. The standard InChI is InChI=1S/C18H29N7O6/c1-3-9(2)15(25-16(28)11(19)5-13(20)26)17(29)22-7-14(27)24-12(18(30)31)4-10-6-21-8-23-10/h6,8-9,11-12,15H,3-5,7,19H2,1-2H3,(H2,20,26)(H,21,23)(H,22,29)(H,24,27)(H,25,28)(H,30,31). The van der Waals surface area contributed by atoms with E-state index in [2.05, 4.69) is 25.9 Å². The fourth-order valence-corrected chi connectivity index (χ4v) is 2.61. The predicted molar refractivity (Wildman–Crippen MR) is 108 cm³/mol. The molecule has 9 N–H and O–H groups in total. The highest BCUT2D eigenvalue weighted by atomic mass is 16.4. The molecule has 13 heteroatoms. The molecule has 4 atom stereocenters.